The number of carboxylic acids is 1. The second-order valence-corrected chi connectivity index (χ2v) is 3.75. The van der Waals surface area contributed by atoms with E-state index >= 15 is 0 Å². The molecule has 1 aromatic rings. The normalized spacial score (nSPS) is 14.5. The minimum atomic E-state index is -0.864. The van der Waals surface area contributed by atoms with Crippen molar-refractivity contribution < 1.29 is 14.6 Å². The van der Waals surface area contributed by atoms with Crippen LogP contribution >= 0.6 is 0 Å². The van der Waals surface area contributed by atoms with Gasteiger partial charge in [0.15, 0.2) is 0 Å². The smallest absolute Gasteiger partial charge is 0.313 e. The van der Waals surface area contributed by atoms with Crippen LogP contribution < -0.4 is 0 Å². The fourth-order valence-corrected chi connectivity index (χ4v) is 1.49. The first kappa shape index (κ1) is 11.7. The van der Waals surface area contributed by atoms with Crippen LogP contribution in [-0.4, -0.2) is 24.8 Å². The van der Waals surface area contributed by atoms with E-state index in [9.17, 15) is 9.90 Å². The molecule has 0 aliphatic rings. The lowest BCUT2D eigenvalue weighted by atomic mass is 9.80. The van der Waals surface area contributed by atoms with Crippen molar-refractivity contribution in [2.24, 2.45) is 0 Å². The Labute approximate surface area is 89.7 Å². The van der Waals surface area contributed by atoms with Gasteiger partial charge >= 0.3 is 5.97 Å². The minimum absolute atomic E-state index is 0.442. The summed E-state index contributed by atoms with van der Waals surface area (Å²) in [6.07, 6.45) is 0.475. The van der Waals surface area contributed by atoms with Gasteiger partial charge in [0, 0.05) is 13.7 Å². The summed E-state index contributed by atoms with van der Waals surface area (Å²) in [4.78, 5) is 11.3. The molecule has 1 unspecified atom stereocenters. The fourth-order valence-electron chi connectivity index (χ4n) is 1.49. The summed E-state index contributed by atoms with van der Waals surface area (Å²) in [6, 6.07) is 9.25. The number of ether oxygens (including phenoxy) is 1. The van der Waals surface area contributed by atoms with Crippen molar-refractivity contribution in [3.8, 4) is 0 Å². The van der Waals surface area contributed by atoms with E-state index in [4.69, 9.17) is 4.74 Å². The highest BCUT2D eigenvalue weighted by Crippen LogP contribution is 2.27. The highest BCUT2D eigenvalue weighted by molar-refractivity contribution is 5.80. The quantitative estimate of drug-likeness (QED) is 0.805. The van der Waals surface area contributed by atoms with Gasteiger partial charge in [-0.2, -0.15) is 0 Å². The Kier molecular flexibility index (Phi) is 3.86. The molecule has 0 saturated heterocycles. The van der Waals surface area contributed by atoms with Crippen LogP contribution in [0.15, 0.2) is 30.3 Å². The molecule has 0 radical (unpaired) electrons. The number of benzene rings is 1. The molecular formula is C12H16O3. The summed E-state index contributed by atoms with van der Waals surface area (Å²) in [7, 11) is 1.58. The lowest BCUT2D eigenvalue weighted by Gasteiger charge is -2.24. The third kappa shape index (κ3) is 2.57. The molecule has 3 nitrogen and oxygen atoms in total. The maximum Gasteiger partial charge on any atom is 0.313 e. The van der Waals surface area contributed by atoms with Gasteiger partial charge in [-0.05, 0) is 18.9 Å². The Morgan fingerprint density at radius 1 is 1.40 bits per heavy atom. The Hall–Kier alpha value is -1.35. The highest BCUT2D eigenvalue weighted by Gasteiger charge is 2.34. The average Bonchev–Trinajstić information content (AvgIpc) is 2.27. The molecule has 1 atom stereocenters. The number of hydrogen-bond donors (Lipinski definition) is 1. The van der Waals surface area contributed by atoms with Gasteiger partial charge in [0.1, 0.15) is 0 Å². The van der Waals surface area contributed by atoms with Crippen LogP contribution in [-0.2, 0) is 14.9 Å². The Morgan fingerprint density at radius 3 is 2.47 bits per heavy atom. The van der Waals surface area contributed by atoms with Crippen molar-refractivity contribution in [1.82, 2.24) is 0 Å². The molecule has 15 heavy (non-hydrogen) atoms. The molecule has 82 valence electrons. The van der Waals surface area contributed by atoms with Gasteiger partial charge < -0.3 is 9.84 Å². The molecule has 1 aromatic carbocycles. The summed E-state index contributed by atoms with van der Waals surface area (Å²) in [5.41, 5.74) is -0.0494. The van der Waals surface area contributed by atoms with Gasteiger partial charge in [-0.3, -0.25) is 4.79 Å². The summed E-state index contributed by atoms with van der Waals surface area (Å²) < 4.78 is 4.95. The van der Waals surface area contributed by atoms with E-state index in [1.807, 2.05) is 30.3 Å². The molecule has 3 heteroatoms. The van der Waals surface area contributed by atoms with Crippen LogP contribution in [0.1, 0.15) is 18.9 Å². The zero-order chi connectivity index (χ0) is 11.3. The van der Waals surface area contributed by atoms with Crippen LogP contribution in [0.25, 0.3) is 0 Å². The molecule has 0 heterocycles. The zero-order valence-corrected chi connectivity index (χ0v) is 9.06. The van der Waals surface area contributed by atoms with E-state index in [-0.39, 0.29) is 0 Å². The van der Waals surface area contributed by atoms with Crippen molar-refractivity contribution in [3.63, 3.8) is 0 Å². The second kappa shape index (κ2) is 4.94. The monoisotopic (exact) mass is 208 g/mol. The number of hydrogen-bond acceptors (Lipinski definition) is 2. The molecule has 0 aliphatic heterocycles. The molecule has 1 N–H and O–H groups in total. The van der Waals surface area contributed by atoms with Gasteiger partial charge in [0.05, 0.1) is 5.41 Å². The first-order valence-electron chi connectivity index (χ1n) is 4.89. The van der Waals surface area contributed by atoms with Gasteiger partial charge in [-0.15, -0.1) is 0 Å². The third-order valence-electron chi connectivity index (χ3n) is 2.69. The van der Waals surface area contributed by atoms with Crippen molar-refractivity contribution >= 4 is 5.97 Å². The first-order chi connectivity index (χ1) is 7.11. The highest BCUT2D eigenvalue weighted by atomic mass is 16.5. The zero-order valence-electron chi connectivity index (χ0n) is 9.06. The van der Waals surface area contributed by atoms with Crippen molar-refractivity contribution in [1.29, 1.82) is 0 Å². The molecule has 0 aliphatic carbocycles. The predicted molar refractivity (Wildman–Crippen MR) is 57.9 cm³/mol. The lowest BCUT2D eigenvalue weighted by molar-refractivity contribution is -0.143. The summed E-state index contributed by atoms with van der Waals surface area (Å²) in [5, 5.41) is 9.26. The molecule has 0 bridgehead atoms. The Morgan fingerprint density at radius 2 is 2.00 bits per heavy atom. The summed E-state index contributed by atoms with van der Waals surface area (Å²) >= 11 is 0. The SMILES string of the molecule is COCCC(C)(C(=O)O)c1ccccc1. The van der Waals surface area contributed by atoms with Crippen LogP contribution in [0.3, 0.4) is 0 Å². The Bertz CT molecular complexity index is 321. The molecule has 1 rings (SSSR count). The number of methoxy groups -OCH3 is 1. The molecule has 0 spiro atoms. The predicted octanol–water partition coefficient (Wildman–Crippen LogP) is 2.07. The van der Waals surface area contributed by atoms with Gasteiger partial charge in [-0.25, -0.2) is 0 Å². The Balaban J connectivity index is 2.96. The number of carbonyl (C=O) groups is 1. The third-order valence-corrected chi connectivity index (χ3v) is 2.69. The van der Waals surface area contributed by atoms with E-state index in [0.29, 0.717) is 13.0 Å². The number of aliphatic carboxylic acids is 1. The molecule has 0 aromatic heterocycles. The van der Waals surface area contributed by atoms with Crippen LogP contribution in [0, 0.1) is 0 Å². The van der Waals surface area contributed by atoms with Gasteiger partial charge in [0.2, 0.25) is 0 Å². The minimum Gasteiger partial charge on any atom is -0.481 e. The first-order valence-corrected chi connectivity index (χ1v) is 4.89. The summed E-state index contributed by atoms with van der Waals surface area (Å²) in [5.74, 6) is -0.814. The van der Waals surface area contributed by atoms with E-state index < -0.39 is 11.4 Å². The van der Waals surface area contributed by atoms with Gasteiger partial charge in [-0.1, -0.05) is 30.3 Å². The van der Waals surface area contributed by atoms with Crippen LogP contribution in [0.5, 0.6) is 0 Å². The molecule has 0 amide bonds. The summed E-state index contributed by atoms with van der Waals surface area (Å²) in [6.45, 7) is 2.17. The topological polar surface area (TPSA) is 46.5 Å². The van der Waals surface area contributed by atoms with Gasteiger partial charge in [0.25, 0.3) is 0 Å². The number of rotatable bonds is 5. The molecule has 0 saturated carbocycles. The fraction of sp³-hybridized carbons (Fsp3) is 0.417. The van der Waals surface area contributed by atoms with Crippen molar-refractivity contribution in [2.75, 3.05) is 13.7 Å². The second-order valence-electron chi connectivity index (χ2n) is 3.75. The van der Waals surface area contributed by atoms with E-state index in [1.54, 1.807) is 14.0 Å². The van der Waals surface area contributed by atoms with E-state index in [2.05, 4.69) is 0 Å². The van der Waals surface area contributed by atoms with Crippen LogP contribution in [0.4, 0.5) is 0 Å². The van der Waals surface area contributed by atoms with E-state index in [0.717, 1.165) is 5.56 Å². The lowest BCUT2D eigenvalue weighted by Crippen LogP contribution is -2.33. The molecule has 0 fully saturated rings. The average molecular weight is 208 g/mol. The van der Waals surface area contributed by atoms with Crippen LogP contribution in [0.2, 0.25) is 0 Å². The maximum absolute atomic E-state index is 11.3. The van der Waals surface area contributed by atoms with Crippen molar-refractivity contribution in [2.45, 2.75) is 18.8 Å². The van der Waals surface area contributed by atoms with Crippen molar-refractivity contribution in [3.05, 3.63) is 35.9 Å². The van der Waals surface area contributed by atoms with E-state index in [1.165, 1.54) is 0 Å². The standard InChI is InChI=1S/C12H16O3/c1-12(11(13)14,8-9-15-2)10-6-4-3-5-7-10/h3-7H,8-9H2,1-2H3,(H,13,14). The largest absolute Gasteiger partial charge is 0.481 e. The maximum atomic E-state index is 11.3. The number of carboxylic acid groups (broad SMARTS) is 1. The molecular weight excluding hydrogens is 192 g/mol.